The molecule has 0 amide bonds. The third-order valence-electron chi connectivity index (χ3n) is 7.02. The molecule has 184 valence electrons. The molecule has 4 heterocycles. The van der Waals surface area contributed by atoms with E-state index in [1.54, 1.807) is 22.7 Å². The molecule has 2 aromatic heterocycles. The monoisotopic (exact) mass is 514 g/mol. The number of nitrogens with zero attached hydrogens (tertiary/aromatic N) is 7. The number of nitrogens with one attached hydrogen (secondary N) is 1. The molecule has 0 saturated carbocycles. The van der Waals surface area contributed by atoms with Gasteiger partial charge in [0.15, 0.2) is 11.3 Å². The van der Waals surface area contributed by atoms with E-state index in [4.69, 9.17) is 33.2 Å². The normalized spacial score (nSPS) is 20.0. The van der Waals surface area contributed by atoms with Crippen molar-refractivity contribution in [3.8, 4) is 6.07 Å². The number of aromatic nitrogens is 4. The molecule has 3 aromatic rings. The number of rotatable bonds is 7. The molecular weight excluding hydrogens is 487 g/mol. The number of benzene rings is 1. The largest absolute Gasteiger partial charge is 0.395 e. The standard InChI is InChI=1S/C24H28Cl2N8O/c1-15(20-5-4-18(25)9-21(20)26)28-24-30-23(29-22-10-19(11-27)31-34(22)24)33-13-17(14-33)16-3-2-6-32(12-16)7-8-35/h4-5,9-10,15-17,35H,2-3,6-8,12-14H2,1H3,(H,28,29,30)/t15-,16+/m1/s1. The van der Waals surface area contributed by atoms with Crippen LogP contribution >= 0.6 is 23.2 Å². The lowest BCUT2D eigenvalue weighted by atomic mass is 9.81. The predicted molar refractivity (Wildman–Crippen MR) is 136 cm³/mol. The zero-order valence-corrected chi connectivity index (χ0v) is 21.0. The number of nitriles is 1. The van der Waals surface area contributed by atoms with Gasteiger partial charge in [0.25, 0.3) is 0 Å². The van der Waals surface area contributed by atoms with E-state index in [0.29, 0.717) is 39.4 Å². The SMILES string of the molecule is C[C@@H](Nc1nc(N2CC([C@H]3CCCN(CCO)C3)C2)nc2cc(C#N)nn12)c1ccc(Cl)cc1Cl. The topological polar surface area (TPSA) is 106 Å². The summed E-state index contributed by atoms with van der Waals surface area (Å²) in [6, 6.07) is 8.98. The summed E-state index contributed by atoms with van der Waals surface area (Å²) in [6.45, 7) is 6.84. The highest BCUT2D eigenvalue weighted by atomic mass is 35.5. The Labute approximate surface area is 214 Å². The summed E-state index contributed by atoms with van der Waals surface area (Å²) in [6.07, 6.45) is 2.40. The van der Waals surface area contributed by atoms with Gasteiger partial charge >= 0.3 is 0 Å². The van der Waals surface area contributed by atoms with Crippen LogP contribution in [0.1, 0.15) is 37.1 Å². The number of hydrogen-bond donors (Lipinski definition) is 2. The van der Waals surface area contributed by atoms with Crippen LogP contribution in [0, 0.1) is 23.2 Å². The first-order valence-corrected chi connectivity index (χ1v) is 12.7. The first-order valence-electron chi connectivity index (χ1n) is 11.9. The maximum Gasteiger partial charge on any atom is 0.230 e. The molecule has 2 N–H and O–H groups in total. The molecule has 0 radical (unpaired) electrons. The fourth-order valence-electron chi connectivity index (χ4n) is 5.08. The Morgan fingerprint density at radius 2 is 2.03 bits per heavy atom. The van der Waals surface area contributed by atoms with Gasteiger partial charge in [-0.1, -0.05) is 29.3 Å². The van der Waals surface area contributed by atoms with Crippen LogP contribution < -0.4 is 10.2 Å². The summed E-state index contributed by atoms with van der Waals surface area (Å²) >= 11 is 12.5. The Morgan fingerprint density at radius 3 is 2.77 bits per heavy atom. The molecule has 2 atom stereocenters. The van der Waals surface area contributed by atoms with Crippen molar-refractivity contribution < 1.29 is 5.11 Å². The van der Waals surface area contributed by atoms with Crippen molar-refractivity contribution in [3.05, 3.63) is 45.6 Å². The second kappa shape index (κ2) is 10.2. The van der Waals surface area contributed by atoms with E-state index in [-0.39, 0.29) is 18.3 Å². The zero-order valence-electron chi connectivity index (χ0n) is 19.5. The second-order valence-electron chi connectivity index (χ2n) is 9.38. The van der Waals surface area contributed by atoms with Crippen molar-refractivity contribution in [2.45, 2.75) is 25.8 Å². The maximum absolute atomic E-state index is 9.37. The summed E-state index contributed by atoms with van der Waals surface area (Å²) in [7, 11) is 0. The fraction of sp³-hybridized carbons (Fsp3) is 0.500. The van der Waals surface area contributed by atoms with Crippen molar-refractivity contribution >= 4 is 40.7 Å². The average molecular weight is 515 g/mol. The Morgan fingerprint density at radius 1 is 1.20 bits per heavy atom. The molecule has 0 unspecified atom stereocenters. The fourth-order valence-corrected chi connectivity index (χ4v) is 5.66. The van der Waals surface area contributed by atoms with E-state index < -0.39 is 0 Å². The number of fused-ring (bicyclic) bond motifs is 1. The molecule has 0 aliphatic carbocycles. The third-order valence-corrected chi connectivity index (χ3v) is 7.58. The highest BCUT2D eigenvalue weighted by Gasteiger charge is 2.37. The van der Waals surface area contributed by atoms with Crippen LogP contribution in [0.2, 0.25) is 10.0 Å². The highest BCUT2D eigenvalue weighted by Crippen LogP contribution is 2.34. The number of aliphatic hydroxyl groups is 1. The first kappa shape index (κ1) is 24.1. The summed E-state index contributed by atoms with van der Waals surface area (Å²) < 4.78 is 1.56. The van der Waals surface area contributed by atoms with Crippen LogP contribution in [0.25, 0.3) is 5.65 Å². The minimum absolute atomic E-state index is 0.177. The van der Waals surface area contributed by atoms with Gasteiger partial charge in [-0.2, -0.15) is 24.8 Å². The number of likely N-dealkylation sites (tertiary alicyclic amines) is 1. The minimum Gasteiger partial charge on any atom is -0.395 e. The highest BCUT2D eigenvalue weighted by molar-refractivity contribution is 6.35. The van der Waals surface area contributed by atoms with E-state index in [0.717, 1.165) is 38.3 Å². The third kappa shape index (κ3) is 5.02. The van der Waals surface area contributed by atoms with Crippen LogP contribution in [0.3, 0.4) is 0 Å². The zero-order chi connectivity index (χ0) is 24.5. The molecule has 0 spiro atoms. The lowest BCUT2D eigenvalue weighted by Gasteiger charge is -2.46. The molecule has 35 heavy (non-hydrogen) atoms. The number of piperidine rings is 1. The Bertz CT molecular complexity index is 1250. The van der Waals surface area contributed by atoms with Crippen molar-refractivity contribution in [1.82, 2.24) is 24.5 Å². The summed E-state index contributed by atoms with van der Waals surface area (Å²) in [5.41, 5.74) is 1.73. The predicted octanol–water partition coefficient (Wildman–Crippen LogP) is 3.62. The molecule has 1 aromatic carbocycles. The molecule has 2 aliphatic rings. The van der Waals surface area contributed by atoms with Crippen molar-refractivity contribution in [3.63, 3.8) is 0 Å². The Kier molecular flexibility index (Phi) is 6.98. The van der Waals surface area contributed by atoms with E-state index in [1.807, 2.05) is 13.0 Å². The van der Waals surface area contributed by atoms with E-state index in [9.17, 15) is 10.4 Å². The minimum atomic E-state index is -0.177. The van der Waals surface area contributed by atoms with Crippen molar-refractivity contribution in [1.29, 1.82) is 5.26 Å². The van der Waals surface area contributed by atoms with E-state index >= 15 is 0 Å². The number of aliphatic hydroxyl groups excluding tert-OH is 1. The van der Waals surface area contributed by atoms with Gasteiger partial charge in [-0.25, -0.2) is 0 Å². The van der Waals surface area contributed by atoms with Crippen LogP contribution in [0.15, 0.2) is 24.3 Å². The molecule has 5 rings (SSSR count). The molecule has 2 saturated heterocycles. The van der Waals surface area contributed by atoms with Gasteiger partial charge in [0.1, 0.15) is 6.07 Å². The van der Waals surface area contributed by atoms with Crippen molar-refractivity contribution in [2.75, 3.05) is 49.5 Å². The average Bonchev–Trinajstić information content (AvgIpc) is 3.22. The quantitative estimate of drug-likeness (QED) is 0.492. The van der Waals surface area contributed by atoms with E-state index in [1.165, 1.54) is 12.8 Å². The van der Waals surface area contributed by atoms with Crippen molar-refractivity contribution in [2.24, 2.45) is 11.8 Å². The van der Waals surface area contributed by atoms with Crippen LogP contribution in [0.5, 0.6) is 0 Å². The van der Waals surface area contributed by atoms with Crippen LogP contribution in [-0.4, -0.2) is 68.9 Å². The molecular formula is C24H28Cl2N8O. The van der Waals surface area contributed by atoms with Gasteiger partial charge in [-0.3, -0.25) is 0 Å². The van der Waals surface area contributed by atoms with Gasteiger partial charge in [-0.05, 0) is 55.8 Å². The smallest absolute Gasteiger partial charge is 0.230 e. The van der Waals surface area contributed by atoms with Gasteiger partial charge in [0.05, 0.1) is 12.6 Å². The van der Waals surface area contributed by atoms with Gasteiger partial charge < -0.3 is 20.2 Å². The lowest BCUT2D eigenvalue weighted by molar-refractivity contribution is 0.101. The second-order valence-corrected chi connectivity index (χ2v) is 10.2. The van der Waals surface area contributed by atoms with Gasteiger partial charge in [0.2, 0.25) is 11.9 Å². The summed E-state index contributed by atoms with van der Waals surface area (Å²) in [5.74, 6) is 2.33. The molecule has 0 bridgehead atoms. The summed E-state index contributed by atoms with van der Waals surface area (Å²) in [5, 5.41) is 27.5. The van der Waals surface area contributed by atoms with Crippen LogP contribution in [-0.2, 0) is 0 Å². The number of anilines is 2. The van der Waals surface area contributed by atoms with E-state index in [2.05, 4.69) is 26.3 Å². The summed E-state index contributed by atoms with van der Waals surface area (Å²) in [4.78, 5) is 14.0. The molecule has 9 nitrogen and oxygen atoms in total. The number of β-amino-alcohol motifs (C(OH)–C–C–N with tert-alkyl or cyclic N) is 1. The van der Waals surface area contributed by atoms with Gasteiger partial charge in [0, 0.05) is 42.3 Å². The maximum atomic E-state index is 9.37. The number of halogens is 2. The first-order chi connectivity index (χ1) is 16.9. The Hall–Kier alpha value is -2.64. The van der Waals surface area contributed by atoms with Gasteiger partial charge in [-0.15, -0.1) is 0 Å². The Balaban J connectivity index is 1.36. The lowest BCUT2D eigenvalue weighted by Crippen LogP contribution is -2.54. The molecule has 2 aliphatic heterocycles. The number of hydrogen-bond acceptors (Lipinski definition) is 8. The van der Waals surface area contributed by atoms with Crippen LogP contribution in [0.4, 0.5) is 11.9 Å². The molecule has 11 heteroatoms. The molecule has 2 fully saturated rings.